The molecule has 0 N–H and O–H groups in total. The summed E-state index contributed by atoms with van der Waals surface area (Å²) in [5, 5.41) is 2.36. The first-order valence-electron chi connectivity index (χ1n) is 3.38. The standard InChI is InChI=1S/C8H9NO2/c1-7(11-9-10)8-5-3-2-4-6-8/h2-7H,1H3. The van der Waals surface area contributed by atoms with E-state index in [-0.39, 0.29) is 6.10 Å². The van der Waals surface area contributed by atoms with Crippen molar-refractivity contribution in [3.63, 3.8) is 0 Å². The van der Waals surface area contributed by atoms with Crippen molar-refractivity contribution in [2.24, 2.45) is 5.34 Å². The second kappa shape index (κ2) is 3.71. The van der Waals surface area contributed by atoms with Crippen LogP contribution in [0.5, 0.6) is 0 Å². The predicted octanol–water partition coefficient (Wildman–Crippen LogP) is 2.45. The summed E-state index contributed by atoms with van der Waals surface area (Å²) in [6.07, 6.45) is -0.256. The van der Waals surface area contributed by atoms with E-state index in [9.17, 15) is 4.91 Å². The van der Waals surface area contributed by atoms with Crippen LogP contribution in [0, 0.1) is 4.91 Å². The Morgan fingerprint density at radius 1 is 1.36 bits per heavy atom. The van der Waals surface area contributed by atoms with Gasteiger partial charge in [-0.1, -0.05) is 30.3 Å². The molecule has 1 rings (SSSR count). The van der Waals surface area contributed by atoms with Gasteiger partial charge in [0.1, 0.15) is 0 Å². The van der Waals surface area contributed by atoms with Crippen LogP contribution in [0.2, 0.25) is 0 Å². The first-order chi connectivity index (χ1) is 5.34. The lowest BCUT2D eigenvalue weighted by Gasteiger charge is -2.05. The highest BCUT2D eigenvalue weighted by atomic mass is 16.7. The molecule has 3 nitrogen and oxygen atoms in total. The lowest BCUT2D eigenvalue weighted by Crippen LogP contribution is -1.93. The maximum Gasteiger partial charge on any atom is 0.155 e. The largest absolute Gasteiger partial charge is 0.356 e. The van der Waals surface area contributed by atoms with Crippen molar-refractivity contribution in [1.29, 1.82) is 0 Å². The molecule has 0 aliphatic heterocycles. The highest BCUT2D eigenvalue weighted by molar-refractivity contribution is 5.16. The van der Waals surface area contributed by atoms with E-state index in [0.717, 1.165) is 5.56 Å². The minimum Gasteiger partial charge on any atom is -0.356 e. The molecule has 0 aliphatic rings. The summed E-state index contributed by atoms with van der Waals surface area (Å²) in [5.41, 5.74) is 0.951. The summed E-state index contributed by atoms with van der Waals surface area (Å²) in [6.45, 7) is 1.77. The van der Waals surface area contributed by atoms with E-state index >= 15 is 0 Å². The van der Waals surface area contributed by atoms with E-state index in [1.807, 2.05) is 30.3 Å². The molecule has 1 atom stereocenters. The predicted molar refractivity (Wildman–Crippen MR) is 41.7 cm³/mol. The molecule has 0 aromatic heterocycles. The van der Waals surface area contributed by atoms with Gasteiger partial charge in [-0.2, -0.15) is 0 Å². The van der Waals surface area contributed by atoms with E-state index in [1.54, 1.807) is 6.92 Å². The molecule has 0 fully saturated rings. The molecule has 0 aliphatic carbocycles. The van der Waals surface area contributed by atoms with Gasteiger partial charge in [0.15, 0.2) is 11.4 Å². The quantitative estimate of drug-likeness (QED) is 0.491. The Morgan fingerprint density at radius 3 is 2.55 bits per heavy atom. The summed E-state index contributed by atoms with van der Waals surface area (Å²) in [6, 6.07) is 9.45. The molecule has 0 amide bonds. The summed E-state index contributed by atoms with van der Waals surface area (Å²) >= 11 is 0. The Bertz CT molecular complexity index is 223. The first kappa shape index (κ1) is 7.72. The Hall–Kier alpha value is -1.38. The second-order valence-electron chi connectivity index (χ2n) is 2.23. The van der Waals surface area contributed by atoms with Crippen molar-refractivity contribution in [3.8, 4) is 0 Å². The van der Waals surface area contributed by atoms with Gasteiger partial charge in [-0.25, -0.2) is 0 Å². The molecule has 3 heteroatoms. The first-order valence-corrected chi connectivity index (χ1v) is 3.38. The number of benzene rings is 1. The maximum absolute atomic E-state index is 9.72. The second-order valence-corrected chi connectivity index (χ2v) is 2.23. The van der Waals surface area contributed by atoms with E-state index in [1.165, 1.54) is 0 Å². The topological polar surface area (TPSA) is 38.7 Å². The molecule has 11 heavy (non-hydrogen) atoms. The fourth-order valence-corrected chi connectivity index (χ4v) is 0.849. The van der Waals surface area contributed by atoms with Crippen LogP contribution in [0.3, 0.4) is 0 Å². The zero-order chi connectivity index (χ0) is 8.10. The van der Waals surface area contributed by atoms with Gasteiger partial charge in [-0.3, -0.25) is 0 Å². The molecule has 0 saturated carbocycles. The fraction of sp³-hybridized carbons (Fsp3) is 0.250. The van der Waals surface area contributed by atoms with Crippen LogP contribution in [0.4, 0.5) is 0 Å². The average molecular weight is 151 g/mol. The highest BCUT2D eigenvalue weighted by Crippen LogP contribution is 2.15. The van der Waals surface area contributed by atoms with Crippen LogP contribution in [-0.2, 0) is 4.84 Å². The smallest absolute Gasteiger partial charge is 0.155 e. The lowest BCUT2D eigenvalue weighted by atomic mass is 10.1. The lowest BCUT2D eigenvalue weighted by molar-refractivity contribution is 0.0683. The Labute approximate surface area is 64.9 Å². The van der Waals surface area contributed by atoms with Crippen LogP contribution >= 0.6 is 0 Å². The third-order valence-corrected chi connectivity index (χ3v) is 1.47. The van der Waals surface area contributed by atoms with E-state index in [4.69, 9.17) is 0 Å². The molecular formula is C8H9NO2. The van der Waals surface area contributed by atoms with E-state index in [0.29, 0.717) is 0 Å². The van der Waals surface area contributed by atoms with Crippen molar-refractivity contribution < 1.29 is 4.84 Å². The highest BCUT2D eigenvalue weighted by Gasteiger charge is 2.03. The SMILES string of the molecule is CC(ON=O)c1ccccc1. The molecule has 1 aromatic rings. The molecular weight excluding hydrogens is 142 g/mol. The molecule has 1 unspecified atom stereocenters. The van der Waals surface area contributed by atoms with Gasteiger partial charge in [-0.15, -0.1) is 4.91 Å². The van der Waals surface area contributed by atoms with Crippen LogP contribution < -0.4 is 0 Å². The van der Waals surface area contributed by atoms with Gasteiger partial charge in [0, 0.05) is 0 Å². The van der Waals surface area contributed by atoms with E-state index in [2.05, 4.69) is 10.2 Å². The monoisotopic (exact) mass is 151 g/mol. The van der Waals surface area contributed by atoms with Gasteiger partial charge in [-0.05, 0) is 12.5 Å². The molecule has 1 aromatic carbocycles. The summed E-state index contributed by atoms with van der Waals surface area (Å²) in [4.78, 5) is 14.2. The molecule has 0 heterocycles. The summed E-state index contributed by atoms with van der Waals surface area (Å²) < 4.78 is 0. The Balaban J connectivity index is 2.68. The fourth-order valence-electron chi connectivity index (χ4n) is 0.849. The van der Waals surface area contributed by atoms with Gasteiger partial charge < -0.3 is 4.84 Å². The minimum absolute atomic E-state index is 0.256. The van der Waals surface area contributed by atoms with Crippen LogP contribution in [-0.4, -0.2) is 0 Å². The number of hydrogen-bond acceptors (Lipinski definition) is 3. The van der Waals surface area contributed by atoms with Crippen LogP contribution in [0.25, 0.3) is 0 Å². The Morgan fingerprint density at radius 2 is 2.00 bits per heavy atom. The maximum atomic E-state index is 9.72. The molecule has 0 spiro atoms. The normalized spacial score (nSPS) is 12.1. The van der Waals surface area contributed by atoms with Crippen molar-refractivity contribution in [2.45, 2.75) is 13.0 Å². The zero-order valence-corrected chi connectivity index (χ0v) is 6.23. The van der Waals surface area contributed by atoms with Crippen LogP contribution in [0.1, 0.15) is 18.6 Å². The summed E-state index contributed by atoms with van der Waals surface area (Å²) in [7, 11) is 0. The Kier molecular flexibility index (Phi) is 2.60. The van der Waals surface area contributed by atoms with Gasteiger partial charge >= 0.3 is 0 Å². The van der Waals surface area contributed by atoms with Gasteiger partial charge in [0.2, 0.25) is 0 Å². The number of rotatable bonds is 3. The van der Waals surface area contributed by atoms with Gasteiger partial charge in [0.25, 0.3) is 0 Å². The average Bonchev–Trinajstić information content (AvgIpc) is 2.07. The van der Waals surface area contributed by atoms with E-state index < -0.39 is 0 Å². The number of nitrogens with zero attached hydrogens (tertiary/aromatic N) is 1. The van der Waals surface area contributed by atoms with Crippen molar-refractivity contribution in [3.05, 3.63) is 40.8 Å². The number of hydrogen-bond donors (Lipinski definition) is 0. The zero-order valence-electron chi connectivity index (χ0n) is 6.23. The van der Waals surface area contributed by atoms with Gasteiger partial charge in [0.05, 0.1) is 0 Å². The van der Waals surface area contributed by atoms with Crippen molar-refractivity contribution in [2.75, 3.05) is 0 Å². The van der Waals surface area contributed by atoms with Crippen molar-refractivity contribution in [1.82, 2.24) is 0 Å². The molecule has 0 bridgehead atoms. The third-order valence-electron chi connectivity index (χ3n) is 1.47. The van der Waals surface area contributed by atoms with Crippen molar-refractivity contribution >= 4 is 0 Å². The molecule has 0 saturated heterocycles. The molecule has 0 radical (unpaired) electrons. The minimum atomic E-state index is -0.256. The molecule has 58 valence electrons. The van der Waals surface area contributed by atoms with Crippen LogP contribution in [0.15, 0.2) is 35.7 Å². The summed E-state index contributed by atoms with van der Waals surface area (Å²) in [5.74, 6) is 0. The third kappa shape index (κ3) is 2.04.